The van der Waals surface area contributed by atoms with Gasteiger partial charge in [-0.05, 0) is 61.1 Å². The highest BCUT2D eigenvalue weighted by Crippen LogP contribution is 2.44. The maximum absolute atomic E-state index is 14.6. The Morgan fingerprint density at radius 2 is 1.76 bits per heavy atom. The molecule has 3 aromatic rings. The quantitative estimate of drug-likeness (QED) is 0.619. The summed E-state index contributed by atoms with van der Waals surface area (Å²) in [6.07, 6.45) is 2.58. The fourth-order valence-corrected chi connectivity index (χ4v) is 4.71. The van der Waals surface area contributed by atoms with Crippen LogP contribution >= 0.6 is 0 Å². The summed E-state index contributed by atoms with van der Waals surface area (Å²) in [5, 5.41) is 3.33. The van der Waals surface area contributed by atoms with Crippen LogP contribution in [-0.2, 0) is 6.42 Å². The smallest absolute Gasteiger partial charge is 0.256 e. The van der Waals surface area contributed by atoms with Gasteiger partial charge in [-0.1, -0.05) is 48.5 Å². The van der Waals surface area contributed by atoms with E-state index in [1.54, 1.807) is 6.07 Å². The van der Waals surface area contributed by atoms with Crippen LogP contribution in [-0.4, -0.2) is 10.8 Å². The van der Waals surface area contributed by atoms with Gasteiger partial charge in [-0.2, -0.15) is 0 Å². The van der Waals surface area contributed by atoms with E-state index < -0.39 is 6.17 Å². The Balaban J connectivity index is 1.59. The highest BCUT2D eigenvalue weighted by atomic mass is 19.1. The van der Waals surface area contributed by atoms with Crippen molar-refractivity contribution in [2.45, 2.75) is 38.4 Å². The lowest BCUT2D eigenvalue weighted by Gasteiger charge is -2.38. The summed E-state index contributed by atoms with van der Waals surface area (Å²) in [4.78, 5) is 15.4. The zero-order valence-electron chi connectivity index (χ0n) is 16.4. The molecule has 0 saturated carbocycles. The molecule has 0 unspecified atom stereocenters. The number of halogens is 1. The van der Waals surface area contributed by atoms with Gasteiger partial charge in [-0.15, -0.1) is 0 Å². The molecule has 5 rings (SSSR count). The van der Waals surface area contributed by atoms with Crippen LogP contribution in [0.2, 0.25) is 0 Å². The number of nitrogens with zero attached hydrogens (tertiary/aromatic N) is 1. The minimum Gasteiger partial charge on any atom is -0.359 e. The van der Waals surface area contributed by atoms with Crippen molar-refractivity contribution in [3.63, 3.8) is 0 Å². The lowest BCUT2D eigenvalue weighted by molar-refractivity contribution is 0.0627. The molecule has 2 aliphatic rings. The molecule has 4 heteroatoms. The fourth-order valence-electron chi connectivity index (χ4n) is 4.71. The van der Waals surface area contributed by atoms with E-state index in [2.05, 4.69) is 23.5 Å². The second-order valence-electron chi connectivity index (χ2n) is 7.94. The molecule has 29 heavy (non-hydrogen) atoms. The van der Waals surface area contributed by atoms with Crippen molar-refractivity contribution < 1.29 is 9.18 Å². The molecule has 2 atom stereocenters. The molecule has 1 aliphatic carbocycles. The Bertz CT molecular complexity index is 1090. The van der Waals surface area contributed by atoms with Crippen LogP contribution in [0.4, 0.5) is 10.1 Å². The van der Waals surface area contributed by atoms with E-state index in [0.717, 1.165) is 30.4 Å². The average Bonchev–Trinajstić information content (AvgIpc) is 3.01. The van der Waals surface area contributed by atoms with Gasteiger partial charge in [0.25, 0.3) is 5.91 Å². The Labute approximate surface area is 170 Å². The molecule has 0 aromatic heterocycles. The number of fused-ring (bicyclic) bond motifs is 2. The summed E-state index contributed by atoms with van der Waals surface area (Å²) in [5.41, 5.74) is 5.39. The van der Waals surface area contributed by atoms with Crippen molar-refractivity contribution in [2.75, 3.05) is 5.32 Å². The number of carbonyl (C=O) groups is 1. The number of nitrogens with one attached hydrogen (secondary N) is 1. The third-order valence-corrected chi connectivity index (χ3v) is 6.09. The van der Waals surface area contributed by atoms with Gasteiger partial charge >= 0.3 is 0 Å². The standard InChI is InChI=1S/C25H23FN2O/c1-16-13-14-22(21(26)15-16)27-24-19-10-4-5-11-20(19)25(29)28(24)23-12-6-8-17-7-2-3-9-18(17)23/h2-5,7,9-11,13-15,23-24,27H,6,8,12H2,1H3/t23-,24+/m1/s1. The second kappa shape index (κ2) is 7.03. The van der Waals surface area contributed by atoms with Crippen molar-refractivity contribution in [1.82, 2.24) is 4.90 Å². The Kier molecular flexibility index (Phi) is 4.35. The molecule has 3 nitrogen and oxygen atoms in total. The predicted molar refractivity (Wildman–Crippen MR) is 112 cm³/mol. The Hall–Kier alpha value is -3.14. The number of benzene rings is 3. The van der Waals surface area contributed by atoms with Gasteiger partial charge in [-0.3, -0.25) is 4.79 Å². The molecular formula is C25H23FN2O. The van der Waals surface area contributed by atoms with E-state index in [9.17, 15) is 9.18 Å². The first-order valence-corrected chi connectivity index (χ1v) is 10.2. The highest BCUT2D eigenvalue weighted by molar-refractivity contribution is 5.99. The molecular weight excluding hydrogens is 363 g/mol. The molecule has 1 N–H and O–H groups in total. The van der Waals surface area contributed by atoms with Crippen LogP contribution in [0.5, 0.6) is 0 Å². The number of amides is 1. The van der Waals surface area contributed by atoms with Gasteiger partial charge in [0, 0.05) is 11.1 Å². The number of rotatable bonds is 3. The van der Waals surface area contributed by atoms with E-state index >= 15 is 0 Å². The van der Waals surface area contributed by atoms with Gasteiger partial charge in [0.1, 0.15) is 12.0 Å². The topological polar surface area (TPSA) is 32.3 Å². The van der Waals surface area contributed by atoms with Crippen LogP contribution in [0, 0.1) is 12.7 Å². The van der Waals surface area contributed by atoms with E-state index in [1.165, 1.54) is 17.2 Å². The highest BCUT2D eigenvalue weighted by Gasteiger charge is 2.42. The first kappa shape index (κ1) is 17.9. The van der Waals surface area contributed by atoms with Crippen LogP contribution in [0.3, 0.4) is 0 Å². The molecule has 146 valence electrons. The molecule has 3 aromatic carbocycles. The Morgan fingerprint density at radius 1 is 1.00 bits per heavy atom. The number of aryl methyl sites for hydroxylation is 2. The normalized spacial score (nSPS) is 20.3. The summed E-state index contributed by atoms with van der Waals surface area (Å²) < 4.78 is 14.6. The van der Waals surface area contributed by atoms with Gasteiger partial charge < -0.3 is 10.2 Å². The molecule has 0 bridgehead atoms. The molecule has 0 fully saturated rings. The first-order valence-electron chi connectivity index (χ1n) is 10.2. The third kappa shape index (κ3) is 3.00. The summed E-state index contributed by atoms with van der Waals surface area (Å²) in [5.74, 6) is -0.293. The number of hydrogen-bond acceptors (Lipinski definition) is 2. The third-order valence-electron chi connectivity index (χ3n) is 6.09. The molecule has 1 aliphatic heterocycles. The molecule has 0 saturated heterocycles. The number of anilines is 1. The predicted octanol–water partition coefficient (Wildman–Crippen LogP) is 5.78. The zero-order valence-corrected chi connectivity index (χ0v) is 16.4. The average molecular weight is 386 g/mol. The summed E-state index contributed by atoms with van der Waals surface area (Å²) in [7, 11) is 0. The van der Waals surface area contributed by atoms with Gasteiger partial charge in [0.2, 0.25) is 0 Å². The van der Waals surface area contributed by atoms with Crippen LogP contribution < -0.4 is 5.32 Å². The molecule has 0 spiro atoms. The molecule has 0 radical (unpaired) electrons. The van der Waals surface area contributed by atoms with Crippen LogP contribution in [0.25, 0.3) is 0 Å². The van der Waals surface area contributed by atoms with Gasteiger partial charge in [0.15, 0.2) is 0 Å². The molecule has 1 amide bonds. The van der Waals surface area contributed by atoms with Crippen molar-refractivity contribution in [1.29, 1.82) is 0 Å². The van der Waals surface area contributed by atoms with Crippen LogP contribution in [0.1, 0.15) is 57.7 Å². The van der Waals surface area contributed by atoms with Crippen molar-refractivity contribution >= 4 is 11.6 Å². The van der Waals surface area contributed by atoms with E-state index in [1.807, 2.05) is 48.2 Å². The van der Waals surface area contributed by atoms with Gasteiger partial charge in [0.05, 0.1) is 11.7 Å². The number of carbonyl (C=O) groups excluding carboxylic acids is 1. The summed E-state index contributed by atoms with van der Waals surface area (Å²) >= 11 is 0. The number of hydrogen-bond donors (Lipinski definition) is 1. The van der Waals surface area contributed by atoms with E-state index in [0.29, 0.717) is 11.3 Å². The minimum absolute atomic E-state index is 0.00678. The first-order chi connectivity index (χ1) is 14.1. The van der Waals surface area contributed by atoms with E-state index in [-0.39, 0.29) is 17.8 Å². The largest absolute Gasteiger partial charge is 0.359 e. The lowest BCUT2D eigenvalue weighted by Crippen LogP contribution is -2.37. The van der Waals surface area contributed by atoms with Crippen molar-refractivity contribution in [3.8, 4) is 0 Å². The van der Waals surface area contributed by atoms with Crippen molar-refractivity contribution in [3.05, 3.63) is 100 Å². The maximum atomic E-state index is 14.6. The summed E-state index contributed by atoms with van der Waals surface area (Å²) in [6, 6.07) is 21.2. The zero-order chi connectivity index (χ0) is 20.0. The maximum Gasteiger partial charge on any atom is 0.256 e. The van der Waals surface area contributed by atoms with Crippen LogP contribution in [0.15, 0.2) is 66.7 Å². The minimum atomic E-state index is -0.396. The van der Waals surface area contributed by atoms with E-state index in [4.69, 9.17) is 0 Å². The summed E-state index contributed by atoms with van der Waals surface area (Å²) in [6.45, 7) is 1.87. The fraction of sp³-hybridized carbons (Fsp3) is 0.240. The van der Waals surface area contributed by atoms with Crippen molar-refractivity contribution in [2.24, 2.45) is 0 Å². The SMILES string of the molecule is Cc1ccc(N[C@@H]2c3ccccc3C(=O)N2[C@@H]2CCCc3ccccc32)c(F)c1. The monoisotopic (exact) mass is 386 g/mol. The lowest BCUT2D eigenvalue weighted by atomic mass is 9.86. The van der Waals surface area contributed by atoms with Gasteiger partial charge in [-0.25, -0.2) is 4.39 Å². The Morgan fingerprint density at radius 3 is 2.59 bits per heavy atom. The molecule has 1 heterocycles. The second-order valence-corrected chi connectivity index (χ2v) is 7.94.